The summed E-state index contributed by atoms with van der Waals surface area (Å²) in [5.41, 5.74) is 0. The molecule has 0 aliphatic heterocycles. The number of urea groups is 1. The van der Waals surface area contributed by atoms with Crippen molar-refractivity contribution in [2.75, 3.05) is 13.1 Å². The second kappa shape index (κ2) is 8.31. The van der Waals surface area contributed by atoms with Gasteiger partial charge in [-0.05, 0) is 17.9 Å². The third-order valence-electron chi connectivity index (χ3n) is 2.41. The van der Waals surface area contributed by atoms with E-state index in [9.17, 15) is 9.59 Å². The average molecular weight is 282 g/mol. The number of rotatable bonds is 8. The second-order valence-corrected chi connectivity index (χ2v) is 5.01. The Bertz CT molecular complexity index is 418. The number of carboxylic acid groups (broad SMARTS) is 1. The van der Waals surface area contributed by atoms with E-state index in [0.29, 0.717) is 26.1 Å². The predicted molar refractivity (Wildman–Crippen MR) is 75.2 cm³/mol. The molecule has 1 aromatic heterocycles. The van der Waals surface area contributed by atoms with Crippen molar-refractivity contribution in [2.24, 2.45) is 0 Å². The minimum absolute atomic E-state index is 0.0622. The molecule has 0 fully saturated rings. The van der Waals surface area contributed by atoms with Gasteiger partial charge in [-0.25, -0.2) is 4.79 Å². The highest BCUT2D eigenvalue weighted by Crippen LogP contribution is 2.11. The number of nitrogens with one attached hydrogen (secondary N) is 1. The zero-order chi connectivity index (χ0) is 14.1. The lowest BCUT2D eigenvalue weighted by Crippen LogP contribution is -2.39. The van der Waals surface area contributed by atoms with Gasteiger partial charge in [0, 0.05) is 24.4 Å². The van der Waals surface area contributed by atoms with Crippen molar-refractivity contribution < 1.29 is 14.7 Å². The molecule has 0 aliphatic carbocycles. The van der Waals surface area contributed by atoms with Crippen LogP contribution in [0.15, 0.2) is 30.2 Å². The zero-order valence-electron chi connectivity index (χ0n) is 10.7. The summed E-state index contributed by atoms with van der Waals surface area (Å²) in [5.74, 6) is -0.851. The van der Waals surface area contributed by atoms with Gasteiger partial charge in [0.15, 0.2) is 0 Å². The first-order chi connectivity index (χ1) is 9.13. The van der Waals surface area contributed by atoms with E-state index in [1.807, 2.05) is 17.5 Å². The highest BCUT2D eigenvalue weighted by Gasteiger charge is 2.12. The molecule has 0 spiro atoms. The maximum Gasteiger partial charge on any atom is 0.318 e. The van der Waals surface area contributed by atoms with E-state index >= 15 is 0 Å². The first-order valence-electron chi connectivity index (χ1n) is 6.01. The molecular weight excluding hydrogens is 264 g/mol. The Balaban J connectivity index is 2.39. The van der Waals surface area contributed by atoms with Gasteiger partial charge >= 0.3 is 12.0 Å². The molecule has 0 atom stereocenters. The summed E-state index contributed by atoms with van der Waals surface area (Å²) in [6.07, 6.45) is 2.17. The molecule has 2 amide bonds. The van der Waals surface area contributed by atoms with E-state index in [-0.39, 0.29) is 12.5 Å². The smallest absolute Gasteiger partial charge is 0.318 e. The third kappa shape index (κ3) is 6.05. The molecule has 1 aromatic rings. The zero-order valence-corrected chi connectivity index (χ0v) is 11.5. The lowest BCUT2D eigenvalue weighted by molar-refractivity contribution is -0.137. The van der Waals surface area contributed by atoms with Gasteiger partial charge in [0.1, 0.15) is 0 Å². The molecule has 1 rings (SSSR count). The molecule has 0 saturated carbocycles. The van der Waals surface area contributed by atoms with Gasteiger partial charge in [0.05, 0.1) is 6.54 Å². The van der Waals surface area contributed by atoms with Crippen LogP contribution in [-0.4, -0.2) is 35.1 Å². The van der Waals surface area contributed by atoms with Crippen LogP contribution in [0.25, 0.3) is 0 Å². The Labute approximate surface area is 116 Å². The highest BCUT2D eigenvalue weighted by atomic mass is 32.1. The summed E-state index contributed by atoms with van der Waals surface area (Å²) < 4.78 is 0. The normalized spacial score (nSPS) is 9.89. The van der Waals surface area contributed by atoms with Crippen molar-refractivity contribution in [1.29, 1.82) is 0 Å². The molecule has 104 valence electrons. The van der Waals surface area contributed by atoms with Crippen molar-refractivity contribution in [3.63, 3.8) is 0 Å². The molecule has 6 heteroatoms. The minimum Gasteiger partial charge on any atom is -0.481 e. The number of nitrogens with zero attached hydrogens (tertiary/aromatic N) is 1. The number of aliphatic carboxylic acids is 1. The van der Waals surface area contributed by atoms with Crippen molar-refractivity contribution >= 4 is 23.3 Å². The first kappa shape index (κ1) is 15.2. The summed E-state index contributed by atoms with van der Waals surface area (Å²) in [7, 11) is 0. The number of thiophene rings is 1. The lowest BCUT2D eigenvalue weighted by Gasteiger charge is -2.20. The minimum atomic E-state index is -0.851. The molecule has 0 bridgehead atoms. The van der Waals surface area contributed by atoms with Gasteiger partial charge < -0.3 is 15.3 Å². The Morgan fingerprint density at radius 3 is 2.89 bits per heavy atom. The maximum atomic E-state index is 11.9. The van der Waals surface area contributed by atoms with E-state index in [2.05, 4.69) is 11.9 Å². The number of carboxylic acids is 1. The Kier molecular flexibility index (Phi) is 6.67. The lowest BCUT2D eigenvalue weighted by atomic mass is 10.3. The van der Waals surface area contributed by atoms with Crippen LogP contribution in [0.3, 0.4) is 0 Å². The quantitative estimate of drug-likeness (QED) is 0.568. The number of amides is 2. The summed E-state index contributed by atoms with van der Waals surface area (Å²) in [4.78, 5) is 25.0. The topological polar surface area (TPSA) is 69.6 Å². The molecule has 0 radical (unpaired) electrons. The summed E-state index contributed by atoms with van der Waals surface area (Å²) >= 11 is 1.59. The maximum absolute atomic E-state index is 11.9. The third-order valence-corrected chi connectivity index (χ3v) is 3.27. The average Bonchev–Trinajstić information content (AvgIpc) is 2.86. The van der Waals surface area contributed by atoms with E-state index in [1.54, 1.807) is 22.3 Å². The van der Waals surface area contributed by atoms with Gasteiger partial charge in [-0.1, -0.05) is 12.1 Å². The monoisotopic (exact) mass is 282 g/mol. The Morgan fingerprint density at radius 1 is 1.53 bits per heavy atom. The van der Waals surface area contributed by atoms with Crippen LogP contribution < -0.4 is 5.32 Å². The summed E-state index contributed by atoms with van der Waals surface area (Å²) in [6.45, 7) is 5.00. The van der Waals surface area contributed by atoms with Crippen LogP contribution in [0.1, 0.15) is 17.7 Å². The first-order valence-corrected chi connectivity index (χ1v) is 6.89. The number of hydrogen-bond acceptors (Lipinski definition) is 3. The van der Waals surface area contributed by atoms with E-state index < -0.39 is 5.97 Å². The summed E-state index contributed by atoms with van der Waals surface area (Å²) in [5, 5.41) is 13.2. The van der Waals surface area contributed by atoms with Crippen molar-refractivity contribution in [3.05, 3.63) is 35.0 Å². The van der Waals surface area contributed by atoms with Crippen LogP contribution in [-0.2, 0) is 11.3 Å². The standard InChI is InChI=1S/C13H18N2O3S/c1-2-8-15(10-11-5-4-9-19-11)13(18)14-7-3-6-12(16)17/h2,4-5,9H,1,3,6-8,10H2,(H,14,18)(H,16,17). The van der Waals surface area contributed by atoms with E-state index in [1.165, 1.54) is 0 Å². The fourth-order valence-electron chi connectivity index (χ4n) is 1.51. The second-order valence-electron chi connectivity index (χ2n) is 3.98. The Morgan fingerprint density at radius 2 is 2.32 bits per heavy atom. The molecular formula is C13H18N2O3S. The van der Waals surface area contributed by atoms with Crippen LogP contribution in [0, 0.1) is 0 Å². The molecule has 2 N–H and O–H groups in total. The molecule has 19 heavy (non-hydrogen) atoms. The SMILES string of the molecule is C=CCN(Cc1cccs1)C(=O)NCCCC(=O)O. The van der Waals surface area contributed by atoms with Crippen molar-refractivity contribution in [1.82, 2.24) is 10.2 Å². The number of carbonyl (C=O) groups excluding carboxylic acids is 1. The molecule has 0 unspecified atom stereocenters. The number of hydrogen-bond donors (Lipinski definition) is 2. The van der Waals surface area contributed by atoms with Crippen molar-refractivity contribution in [3.8, 4) is 0 Å². The molecule has 0 aromatic carbocycles. The van der Waals surface area contributed by atoms with Crippen LogP contribution >= 0.6 is 11.3 Å². The van der Waals surface area contributed by atoms with Crippen molar-refractivity contribution in [2.45, 2.75) is 19.4 Å². The predicted octanol–water partition coefficient (Wildman–Crippen LogP) is 2.31. The van der Waals surface area contributed by atoms with Crippen LogP contribution in [0.5, 0.6) is 0 Å². The van der Waals surface area contributed by atoms with E-state index in [4.69, 9.17) is 5.11 Å². The van der Waals surface area contributed by atoms with Crippen LogP contribution in [0.4, 0.5) is 4.79 Å². The highest BCUT2D eigenvalue weighted by molar-refractivity contribution is 7.09. The Hall–Kier alpha value is -1.82. The molecule has 5 nitrogen and oxygen atoms in total. The fraction of sp³-hybridized carbons (Fsp3) is 0.385. The van der Waals surface area contributed by atoms with Gasteiger partial charge in [0.2, 0.25) is 0 Å². The number of carbonyl (C=O) groups is 2. The largest absolute Gasteiger partial charge is 0.481 e. The fourth-order valence-corrected chi connectivity index (χ4v) is 2.23. The van der Waals surface area contributed by atoms with E-state index in [0.717, 1.165) is 4.88 Å². The molecule has 0 aliphatic rings. The van der Waals surface area contributed by atoms with Gasteiger partial charge in [0.25, 0.3) is 0 Å². The summed E-state index contributed by atoms with van der Waals surface area (Å²) in [6, 6.07) is 3.72. The van der Waals surface area contributed by atoms with Gasteiger partial charge in [-0.3, -0.25) is 4.79 Å². The molecule has 1 heterocycles. The van der Waals surface area contributed by atoms with Gasteiger partial charge in [-0.15, -0.1) is 17.9 Å². The van der Waals surface area contributed by atoms with Gasteiger partial charge in [-0.2, -0.15) is 0 Å². The molecule has 0 saturated heterocycles. The van der Waals surface area contributed by atoms with Crippen LogP contribution in [0.2, 0.25) is 0 Å².